The Balaban J connectivity index is 1.73. The zero-order valence-corrected chi connectivity index (χ0v) is 14.3. The van der Waals surface area contributed by atoms with Gasteiger partial charge < -0.3 is 14.2 Å². The zero-order chi connectivity index (χ0) is 17.7. The average Bonchev–Trinajstić information content (AvgIpc) is 3.01. The van der Waals surface area contributed by atoms with E-state index in [4.69, 9.17) is 9.26 Å². The van der Waals surface area contributed by atoms with Crippen LogP contribution in [0.5, 0.6) is 0 Å². The van der Waals surface area contributed by atoms with Gasteiger partial charge in [0.1, 0.15) is 11.3 Å². The molecule has 0 bridgehead atoms. The van der Waals surface area contributed by atoms with Gasteiger partial charge in [-0.2, -0.15) is 0 Å². The van der Waals surface area contributed by atoms with E-state index in [-0.39, 0.29) is 11.8 Å². The van der Waals surface area contributed by atoms with Crippen molar-refractivity contribution in [2.24, 2.45) is 0 Å². The highest BCUT2D eigenvalue weighted by Gasteiger charge is 2.57. The van der Waals surface area contributed by atoms with Crippen LogP contribution in [0.15, 0.2) is 10.7 Å². The van der Waals surface area contributed by atoms with E-state index in [1.54, 1.807) is 32.6 Å². The molecule has 0 atom stereocenters. The van der Waals surface area contributed by atoms with Crippen LogP contribution in [-0.4, -0.2) is 57.1 Å². The minimum Gasteiger partial charge on any atom is -0.432 e. The highest BCUT2D eigenvalue weighted by molar-refractivity contribution is 6.04. The Morgan fingerprint density at radius 3 is 2.33 bits per heavy atom. The van der Waals surface area contributed by atoms with Gasteiger partial charge in [0.15, 0.2) is 5.60 Å². The summed E-state index contributed by atoms with van der Waals surface area (Å²) < 4.78 is 10.4. The largest absolute Gasteiger partial charge is 0.432 e. The number of carbonyl (C=O) groups excluding carboxylic acids is 3. The smallest absolute Gasteiger partial charge is 0.418 e. The normalized spacial score (nSPS) is 20.7. The molecule has 2 saturated heterocycles. The van der Waals surface area contributed by atoms with E-state index < -0.39 is 17.2 Å². The maximum atomic E-state index is 12.8. The first-order chi connectivity index (χ1) is 11.2. The molecule has 130 valence electrons. The lowest BCUT2D eigenvalue weighted by molar-refractivity contribution is -0.142. The number of aromatic nitrogens is 1. The number of nitrogens with zero attached hydrogens (tertiary/aromatic N) is 3. The minimum absolute atomic E-state index is 0.187. The Morgan fingerprint density at radius 1 is 1.25 bits per heavy atom. The molecular weight excluding hydrogens is 314 g/mol. The highest BCUT2D eigenvalue weighted by atomic mass is 16.6. The SMILES string of the molecule is Cc1oncc1C(=O)N1CCC2(CC1)OC(=O)N(C(C)(C)C)C2=O. The van der Waals surface area contributed by atoms with Crippen LogP contribution in [0.4, 0.5) is 4.79 Å². The van der Waals surface area contributed by atoms with Crippen LogP contribution in [0.1, 0.15) is 49.7 Å². The standard InChI is InChI=1S/C16H21N3O5/c1-10-11(9-17-24-10)12(20)18-7-5-16(6-8-18)13(21)19(14(22)23-16)15(2,3)4/h9H,5-8H2,1-4H3. The summed E-state index contributed by atoms with van der Waals surface area (Å²) in [6.45, 7) is 7.71. The first-order valence-electron chi connectivity index (χ1n) is 7.94. The molecule has 8 heteroatoms. The van der Waals surface area contributed by atoms with Gasteiger partial charge in [-0.3, -0.25) is 9.59 Å². The van der Waals surface area contributed by atoms with Crippen molar-refractivity contribution < 1.29 is 23.6 Å². The molecule has 2 aliphatic heterocycles. The van der Waals surface area contributed by atoms with E-state index in [0.717, 1.165) is 0 Å². The third-order valence-electron chi connectivity index (χ3n) is 4.57. The Labute approximate surface area is 139 Å². The van der Waals surface area contributed by atoms with Crippen LogP contribution in [0, 0.1) is 6.92 Å². The van der Waals surface area contributed by atoms with Crippen molar-refractivity contribution in [3.63, 3.8) is 0 Å². The van der Waals surface area contributed by atoms with E-state index in [1.807, 2.05) is 0 Å². The Morgan fingerprint density at radius 2 is 1.88 bits per heavy atom. The van der Waals surface area contributed by atoms with Crippen LogP contribution < -0.4 is 0 Å². The summed E-state index contributed by atoms with van der Waals surface area (Å²) in [5, 5.41) is 3.61. The maximum absolute atomic E-state index is 12.8. The third-order valence-corrected chi connectivity index (χ3v) is 4.57. The van der Waals surface area contributed by atoms with E-state index in [9.17, 15) is 14.4 Å². The zero-order valence-electron chi connectivity index (χ0n) is 14.3. The van der Waals surface area contributed by atoms with E-state index in [1.165, 1.54) is 11.1 Å². The molecule has 3 heterocycles. The van der Waals surface area contributed by atoms with Crippen molar-refractivity contribution in [3.05, 3.63) is 17.5 Å². The lowest BCUT2D eigenvalue weighted by atomic mass is 9.89. The maximum Gasteiger partial charge on any atom is 0.418 e. The average molecular weight is 335 g/mol. The number of aryl methyl sites for hydroxylation is 1. The molecule has 0 aromatic carbocycles. The van der Waals surface area contributed by atoms with Gasteiger partial charge in [-0.1, -0.05) is 5.16 Å². The van der Waals surface area contributed by atoms with Gasteiger partial charge in [0.05, 0.1) is 6.20 Å². The van der Waals surface area contributed by atoms with Gasteiger partial charge in [-0.15, -0.1) is 0 Å². The third kappa shape index (κ3) is 2.46. The molecule has 0 unspecified atom stereocenters. The second-order valence-electron chi connectivity index (χ2n) is 7.26. The molecule has 0 radical (unpaired) electrons. The summed E-state index contributed by atoms with van der Waals surface area (Å²) in [4.78, 5) is 40.2. The molecule has 1 aromatic heterocycles. The van der Waals surface area contributed by atoms with Crippen molar-refractivity contribution in [1.29, 1.82) is 0 Å². The molecule has 0 aliphatic carbocycles. The van der Waals surface area contributed by atoms with Gasteiger partial charge in [0.2, 0.25) is 0 Å². The minimum atomic E-state index is -1.15. The number of rotatable bonds is 1. The number of amides is 3. The number of imide groups is 1. The van der Waals surface area contributed by atoms with Crippen molar-refractivity contribution >= 4 is 17.9 Å². The van der Waals surface area contributed by atoms with Gasteiger partial charge in [-0.05, 0) is 27.7 Å². The van der Waals surface area contributed by atoms with Crippen molar-refractivity contribution in [1.82, 2.24) is 15.0 Å². The summed E-state index contributed by atoms with van der Waals surface area (Å²) in [5.41, 5.74) is -1.37. The van der Waals surface area contributed by atoms with Crippen LogP contribution in [-0.2, 0) is 9.53 Å². The predicted molar refractivity (Wildman–Crippen MR) is 82.2 cm³/mol. The molecule has 0 N–H and O–H groups in total. The van der Waals surface area contributed by atoms with Gasteiger partial charge in [0.25, 0.3) is 11.8 Å². The number of hydrogen-bond acceptors (Lipinski definition) is 6. The topological polar surface area (TPSA) is 93.0 Å². The molecule has 2 fully saturated rings. The van der Waals surface area contributed by atoms with Crippen molar-refractivity contribution in [2.45, 2.75) is 51.7 Å². The number of hydrogen-bond donors (Lipinski definition) is 0. The molecule has 1 aromatic rings. The summed E-state index contributed by atoms with van der Waals surface area (Å²) >= 11 is 0. The lowest BCUT2D eigenvalue weighted by Gasteiger charge is -2.36. The lowest BCUT2D eigenvalue weighted by Crippen LogP contribution is -2.53. The van der Waals surface area contributed by atoms with Crippen LogP contribution >= 0.6 is 0 Å². The molecule has 3 amide bonds. The first-order valence-corrected chi connectivity index (χ1v) is 7.94. The number of ether oxygens (including phenoxy) is 1. The number of piperidine rings is 1. The Bertz CT molecular complexity index is 695. The fourth-order valence-corrected chi connectivity index (χ4v) is 3.18. The van der Waals surface area contributed by atoms with E-state index >= 15 is 0 Å². The van der Waals surface area contributed by atoms with Crippen molar-refractivity contribution in [3.8, 4) is 0 Å². The molecule has 8 nitrogen and oxygen atoms in total. The summed E-state index contributed by atoms with van der Waals surface area (Å²) in [6.07, 6.45) is 1.37. The molecule has 24 heavy (non-hydrogen) atoms. The van der Waals surface area contributed by atoms with Crippen LogP contribution in [0.2, 0.25) is 0 Å². The molecule has 1 spiro atoms. The molecule has 2 aliphatic rings. The predicted octanol–water partition coefficient (Wildman–Crippen LogP) is 1.74. The molecule has 0 saturated carbocycles. The second kappa shape index (κ2) is 5.32. The van der Waals surface area contributed by atoms with E-state index in [2.05, 4.69) is 5.16 Å². The van der Waals surface area contributed by atoms with Crippen LogP contribution in [0.3, 0.4) is 0 Å². The fourth-order valence-electron chi connectivity index (χ4n) is 3.18. The van der Waals surface area contributed by atoms with Gasteiger partial charge in [0, 0.05) is 31.5 Å². The summed E-state index contributed by atoms with van der Waals surface area (Å²) in [5.74, 6) is -0.0381. The number of likely N-dealkylation sites (tertiary alicyclic amines) is 1. The second-order valence-corrected chi connectivity index (χ2v) is 7.26. The molecule has 3 rings (SSSR count). The summed E-state index contributed by atoms with van der Waals surface area (Å²) in [6, 6.07) is 0. The van der Waals surface area contributed by atoms with Crippen molar-refractivity contribution in [2.75, 3.05) is 13.1 Å². The first kappa shape index (κ1) is 16.5. The molecular formula is C16H21N3O5. The van der Waals surface area contributed by atoms with E-state index in [0.29, 0.717) is 37.3 Å². The number of carbonyl (C=O) groups is 3. The van der Waals surface area contributed by atoms with Gasteiger partial charge >= 0.3 is 6.09 Å². The Hall–Kier alpha value is -2.38. The monoisotopic (exact) mass is 335 g/mol. The quantitative estimate of drug-likeness (QED) is 0.776. The fraction of sp³-hybridized carbons (Fsp3) is 0.625. The summed E-state index contributed by atoms with van der Waals surface area (Å²) in [7, 11) is 0. The van der Waals surface area contributed by atoms with Gasteiger partial charge in [-0.25, -0.2) is 9.69 Å². The van der Waals surface area contributed by atoms with Crippen LogP contribution in [0.25, 0.3) is 0 Å². The Kier molecular flexibility index (Phi) is 3.65. The highest BCUT2D eigenvalue weighted by Crippen LogP contribution is 2.37.